The van der Waals surface area contributed by atoms with Gasteiger partial charge >= 0.3 is 0 Å². The number of carbonyl (C=O) groups excluding carboxylic acids is 2. The largest absolute Gasteiger partial charge is 0.451 e. The standard InChI is InChI=1S/C20H20N2O3/c1-3-6-19(23)21-15-9-10-16(13(2)11-15)22-20(24)18-12-14-7-4-5-8-17(14)25-18/h4-5,7-12H,3,6H2,1-2H3,(H,21,23)(H,22,24). The van der Waals surface area contributed by atoms with Crippen LogP contribution in [0.1, 0.15) is 35.9 Å². The van der Waals surface area contributed by atoms with Gasteiger partial charge in [0.1, 0.15) is 5.58 Å². The molecule has 0 saturated heterocycles. The molecular formula is C20H20N2O3. The van der Waals surface area contributed by atoms with E-state index in [-0.39, 0.29) is 17.6 Å². The lowest BCUT2D eigenvalue weighted by Crippen LogP contribution is -2.13. The van der Waals surface area contributed by atoms with E-state index >= 15 is 0 Å². The van der Waals surface area contributed by atoms with Gasteiger partial charge in [0, 0.05) is 23.2 Å². The molecule has 0 aliphatic heterocycles. The highest BCUT2D eigenvalue weighted by atomic mass is 16.3. The van der Waals surface area contributed by atoms with Gasteiger partial charge in [-0.1, -0.05) is 25.1 Å². The Morgan fingerprint density at radius 2 is 1.84 bits per heavy atom. The first kappa shape index (κ1) is 16.8. The van der Waals surface area contributed by atoms with Gasteiger partial charge in [0.2, 0.25) is 5.91 Å². The van der Waals surface area contributed by atoms with Crippen LogP contribution in [-0.4, -0.2) is 11.8 Å². The summed E-state index contributed by atoms with van der Waals surface area (Å²) in [5, 5.41) is 6.58. The molecule has 25 heavy (non-hydrogen) atoms. The van der Waals surface area contributed by atoms with Gasteiger partial charge in [0.15, 0.2) is 5.76 Å². The summed E-state index contributed by atoms with van der Waals surface area (Å²) < 4.78 is 5.58. The lowest BCUT2D eigenvalue weighted by Gasteiger charge is -2.10. The van der Waals surface area contributed by atoms with Crippen molar-refractivity contribution < 1.29 is 14.0 Å². The normalized spacial score (nSPS) is 10.6. The third-order valence-electron chi connectivity index (χ3n) is 3.88. The highest BCUT2D eigenvalue weighted by molar-refractivity contribution is 6.05. The minimum atomic E-state index is -0.304. The number of rotatable bonds is 5. The van der Waals surface area contributed by atoms with Crippen LogP contribution in [0.25, 0.3) is 11.0 Å². The molecule has 0 aliphatic rings. The maximum Gasteiger partial charge on any atom is 0.291 e. The van der Waals surface area contributed by atoms with Gasteiger partial charge in [0.25, 0.3) is 5.91 Å². The first-order chi connectivity index (χ1) is 12.1. The first-order valence-electron chi connectivity index (χ1n) is 8.27. The van der Waals surface area contributed by atoms with Crippen molar-refractivity contribution >= 4 is 34.2 Å². The van der Waals surface area contributed by atoms with Crippen molar-refractivity contribution in [2.75, 3.05) is 10.6 Å². The summed E-state index contributed by atoms with van der Waals surface area (Å²) in [6.07, 6.45) is 1.29. The fourth-order valence-corrected chi connectivity index (χ4v) is 2.61. The fraction of sp³-hybridized carbons (Fsp3) is 0.200. The van der Waals surface area contributed by atoms with Crippen LogP contribution >= 0.6 is 0 Å². The summed E-state index contributed by atoms with van der Waals surface area (Å²) in [4.78, 5) is 24.1. The molecule has 0 fully saturated rings. The van der Waals surface area contributed by atoms with E-state index in [9.17, 15) is 9.59 Å². The van der Waals surface area contributed by atoms with Gasteiger partial charge in [-0.2, -0.15) is 0 Å². The lowest BCUT2D eigenvalue weighted by molar-refractivity contribution is -0.116. The fourth-order valence-electron chi connectivity index (χ4n) is 2.61. The molecule has 0 aliphatic carbocycles. The molecule has 2 aromatic carbocycles. The van der Waals surface area contributed by atoms with Crippen LogP contribution in [0.3, 0.4) is 0 Å². The maximum atomic E-state index is 12.4. The van der Waals surface area contributed by atoms with E-state index in [4.69, 9.17) is 4.42 Å². The van der Waals surface area contributed by atoms with E-state index in [0.29, 0.717) is 17.7 Å². The number of benzene rings is 2. The van der Waals surface area contributed by atoms with Crippen molar-refractivity contribution in [2.45, 2.75) is 26.7 Å². The molecule has 0 spiro atoms. The van der Waals surface area contributed by atoms with Crippen LogP contribution in [0.4, 0.5) is 11.4 Å². The highest BCUT2D eigenvalue weighted by Gasteiger charge is 2.13. The summed E-state index contributed by atoms with van der Waals surface area (Å²) in [6.45, 7) is 3.84. The Labute approximate surface area is 146 Å². The Balaban J connectivity index is 1.73. The Hall–Kier alpha value is -3.08. The molecule has 0 unspecified atom stereocenters. The number of aryl methyl sites for hydroxylation is 1. The second-order valence-electron chi connectivity index (χ2n) is 5.93. The Morgan fingerprint density at radius 1 is 1.04 bits per heavy atom. The number of carbonyl (C=O) groups is 2. The van der Waals surface area contributed by atoms with Gasteiger partial charge in [0.05, 0.1) is 0 Å². The third kappa shape index (κ3) is 3.88. The summed E-state index contributed by atoms with van der Waals surface area (Å²) in [5.41, 5.74) is 2.94. The van der Waals surface area contributed by atoms with Crippen LogP contribution in [-0.2, 0) is 4.79 Å². The molecule has 0 radical (unpaired) electrons. The Kier molecular flexibility index (Phi) is 4.84. The molecular weight excluding hydrogens is 316 g/mol. The predicted octanol–water partition coefficient (Wildman–Crippen LogP) is 4.73. The van der Waals surface area contributed by atoms with E-state index < -0.39 is 0 Å². The average Bonchev–Trinajstić information content (AvgIpc) is 3.01. The molecule has 0 saturated carbocycles. The van der Waals surface area contributed by atoms with Gasteiger partial charge in [-0.15, -0.1) is 0 Å². The van der Waals surface area contributed by atoms with Crippen molar-refractivity contribution in [3.63, 3.8) is 0 Å². The Morgan fingerprint density at radius 3 is 2.56 bits per heavy atom. The van der Waals surface area contributed by atoms with Crippen molar-refractivity contribution in [3.8, 4) is 0 Å². The summed E-state index contributed by atoms with van der Waals surface area (Å²) >= 11 is 0. The summed E-state index contributed by atoms with van der Waals surface area (Å²) in [6, 6.07) is 14.6. The van der Waals surface area contributed by atoms with Crippen molar-refractivity contribution in [1.82, 2.24) is 0 Å². The molecule has 1 aromatic heterocycles. The SMILES string of the molecule is CCCC(=O)Nc1ccc(NC(=O)c2cc3ccccc3o2)c(C)c1. The first-order valence-corrected chi connectivity index (χ1v) is 8.27. The van der Waals surface area contributed by atoms with Gasteiger partial charge in [-0.25, -0.2) is 0 Å². The Bertz CT molecular complexity index is 895. The number of furan rings is 1. The van der Waals surface area contributed by atoms with Gasteiger partial charge < -0.3 is 15.1 Å². The maximum absolute atomic E-state index is 12.4. The zero-order chi connectivity index (χ0) is 17.8. The predicted molar refractivity (Wildman–Crippen MR) is 98.9 cm³/mol. The molecule has 1 heterocycles. The smallest absolute Gasteiger partial charge is 0.291 e. The average molecular weight is 336 g/mol. The number of anilines is 2. The molecule has 0 bridgehead atoms. The number of hydrogen-bond donors (Lipinski definition) is 2. The minimum Gasteiger partial charge on any atom is -0.451 e. The number of nitrogens with one attached hydrogen (secondary N) is 2. The van der Waals surface area contributed by atoms with Crippen LogP contribution < -0.4 is 10.6 Å². The molecule has 0 atom stereocenters. The van der Waals surface area contributed by atoms with Crippen LogP contribution in [0.5, 0.6) is 0 Å². The second kappa shape index (κ2) is 7.21. The monoisotopic (exact) mass is 336 g/mol. The van der Waals surface area contributed by atoms with E-state index in [2.05, 4.69) is 10.6 Å². The number of para-hydroxylation sites is 1. The van der Waals surface area contributed by atoms with Gasteiger partial charge in [-0.05, 0) is 49.2 Å². The molecule has 2 amide bonds. The molecule has 3 aromatic rings. The minimum absolute atomic E-state index is 0.0130. The molecule has 128 valence electrons. The quantitative estimate of drug-likeness (QED) is 0.707. The number of fused-ring (bicyclic) bond motifs is 1. The highest BCUT2D eigenvalue weighted by Crippen LogP contribution is 2.23. The zero-order valence-electron chi connectivity index (χ0n) is 14.3. The van der Waals surface area contributed by atoms with Crippen LogP contribution in [0.2, 0.25) is 0 Å². The van der Waals surface area contributed by atoms with E-state index in [1.165, 1.54) is 0 Å². The van der Waals surface area contributed by atoms with Crippen molar-refractivity contribution in [1.29, 1.82) is 0 Å². The molecule has 5 heteroatoms. The molecule has 5 nitrogen and oxygen atoms in total. The lowest BCUT2D eigenvalue weighted by atomic mass is 10.1. The second-order valence-corrected chi connectivity index (χ2v) is 5.93. The molecule has 3 rings (SSSR count). The van der Waals surface area contributed by atoms with Crippen molar-refractivity contribution in [2.24, 2.45) is 0 Å². The molecule has 2 N–H and O–H groups in total. The topological polar surface area (TPSA) is 71.3 Å². The van der Waals surface area contributed by atoms with Crippen molar-refractivity contribution in [3.05, 3.63) is 59.9 Å². The number of amides is 2. The zero-order valence-corrected chi connectivity index (χ0v) is 14.3. The van der Waals surface area contributed by atoms with E-state index in [0.717, 1.165) is 23.1 Å². The summed E-state index contributed by atoms with van der Waals surface area (Å²) in [7, 11) is 0. The van der Waals surface area contributed by atoms with Gasteiger partial charge in [-0.3, -0.25) is 9.59 Å². The van der Waals surface area contributed by atoms with E-state index in [1.807, 2.05) is 44.2 Å². The summed E-state index contributed by atoms with van der Waals surface area (Å²) in [5.74, 6) is -0.0519. The van der Waals surface area contributed by atoms with Crippen LogP contribution in [0.15, 0.2) is 52.9 Å². The third-order valence-corrected chi connectivity index (χ3v) is 3.88. The van der Waals surface area contributed by atoms with E-state index in [1.54, 1.807) is 18.2 Å². The number of hydrogen-bond acceptors (Lipinski definition) is 3. The van der Waals surface area contributed by atoms with Crippen LogP contribution in [0, 0.1) is 6.92 Å².